The van der Waals surface area contributed by atoms with Crippen molar-refractivity contribution >= 4 is 23.5 Å². The van der Waals surface area contributed by atoms with Crippen LogP contribution in [0, 0.1) is 6.92 Å². The predicted octanol–water partition coefficient (Wildman–Crippen LogP) is 5.50. The number of aliphatic carboxylic acids is 1. The highest BCUT2D eigenvalue weighted by Gasteiger charge is 2.35. The maximum Gasteiger partial charge on any atom is 0.305 e. The summed E-state index contributed by atoms with van der Waals surface area (Å²) in [4.78, 5) is 25.2. The number of carbonyl (C=O) groups is 2. The molecule has 158 valence electrons. The van der Waals surface area contributed by atoms with Crippen LogP contribution in [0.15, 0.2) is 60.7 Å². The normalized spacial score (nSPS) is 15.1. The molecule has 1 atom stereocenters. The van der Waals surface area contributed by atoms with E-state index < -0.39 is 12.0 Å². The van der Waals surface area contributed by atoms with Crippen molar-refractivity contribution in [1.29, 1.82) is 0 Å². The molecule has 1 N–H and O–H groups in total. The van der Waals surface area contributed by atoms with E-state index in [0.717, 1.165) is 27.8 Å². The van der Waals surface area contributed by atoms with Crippen LogP contribution in [0.5, 0.6) is 5.75 Å². The first-order chi connectivity index (χ1) is 14.8. The molecule has 0 aliphatic carbocycles. The second-order valence-corrected chi connectivity index (χ2v) is 8.16. The smallest absolute Gasteiger partial charge is 0.305 e. The number of carbonyl (C=O) groups excluding carboxylic acids is 1. The van der Waals surface area contributed by atoms with Crippen LogP contribution < -0.4 is 4.74 Å². The van der Waals surface area contributed by atoms with Crippen molar-refractivity contribution in [2.24, 2.45) is 0 Å². The van der Waals surface area contributed by atoms with Gasteiger partial charge < -0.3 is 14.7 Å². The van der Waals surface area contributed by atoms with E-state index in [9.17, 15) is 9.59 Å². The van der Waals surface area contributed by atoms with Crippen molar-refractivity contribution in [3.05, 3.63) is 87.9 Å². The Bertz CT molecular complexity index is 1170. The highest BCUT2D eigenvalue weighted by molar-refractivity contribution is 6.30. The van der Waals surface area contributed by atoms with Gasteiger partial charge in [-0.25, -0.2) is 0 Å². The number of carboxylic acid groups (broad SMARTS) is 1. The number of ether oxygens (including phenoxy) is 1. The van der Waals surface area contributed by atoms with E-state index in [1.165, 1.54) is 4.90 Å². The third-order valence-corrected chi connectivity index (χ3v) is 5.84. The van der Waals surface area contributed by atoms with Gasteiger partial charge in [0, 0.05) is 17.6 Å². The van der Waals surface area contributed by atoms with Gasteiger partial charge in [-0.1, -0.05) is 41.9 Å². The van der Waals surface area contributed by atoms with Gasteiger partial charge in [-0.15, -0.1) is 0 Å². The summed E-state index contributed by atoms with van der Waals surface area (Å²) in [6.45, 7) is 2.38. The summed E-state index contributed by atoms with van der Waals surface area (Å²) in [5.41, 5.74) is 5.51. The van der Waals surface area contributed by atoms with Gasteiger partial charge in [0.2, 0.25) is 0 Å². The molecule has 6 heteroatoms. The summed E-state index contributed by atoms with van der Waals surface area (Å²) < 4.78 is 5.95. The number of hydrogen-bond donors (Lipinski definition) is 1. The van der Waals surface area contributed by atoms with E-state index in [-0.39, 0.29) is 12.3 Å². The molecule has 1 heterocycles. The zero-order valence-corrected chi connectivity index (χ0v) is 18.0. The Balaban J connectivity index is 1.52. The van der Waals surface area contributed by atoms with E-state index >= 15 is 0 Å². The molecule has 0 saturated carbocycles. The van der Waals surface area contributed by atoms with Gasteiger partial charge in [0.05, 0.1) is 12.5 Å². The summed E-state index contributed by atoms with van der Waals surface area (Å²) >= 11 is 6.07. The zero-order chi connectivity index (χ0) is 22.1. The Morgan fingerprint density at radius 1 is 1.10 bits per heavy atom. The highest BCUT2D eigenvalue weighted by Crippen LogP contribution is 2.36. The van der Waals surface area contributed by atoms with E-state index in [4.69, 9.17) is 21.4 Å². The monoisotopic (exact) mass is 435 g/mol. The van der Waals surface area contributed by atoms with Crippen LogP contribution >= 0.6 is 11.6 Å². The first kappa shape index (κ1) is 20.9. The van der Waals surface area contributed by atoms with Gasteiger partial charge in [-0.3, -0.25) is 9.59 Å². The van der Waals surface area contributed by atoms with E-state index in [0.29, 0.717) is 22.9 Å². The fourth-order valence-electron chi connectivity index (χ4n) is 4.00. The summed E-state index contributed by atoms with van der Waals surface area (Å²) in [6, 6.07) is 18.7. The number of fused-ring (bicyclic) bond motifs is 1. The summed E-state index contributed by atoms with van der Waals surface area (Å²) in [6.07, 6.45) is -0.119. The van der Waals surface area contributed by atoms with Crippen molar-refractivity contribution in [3.8, 4) is 16.9 Å². The number of benzene rings is 3. The molecular weight excluding hydrogens is 414 g/mol. The zero-order valence-electron chi connectivity index (χ0n) is 17.3. The average molecular weight is 436 g/mol. The van der Waals surface area contributed by atoms with Crippen LogP contribution in [-0.4, -0.2) is 28.9 Å². The molecule has 1 unspecified atom stereocenters. The minimum Gasteiger partial charge on any atom is -0.489 e. The molecule has 3 aromatic carbocycles. The van der Waals surface area contributed by atoms with Crippen molar-refractivity contribution in [2.75, 3.05) is 7.05 Å². The quantitative estimate of drug-likeness (QED) is 0.555. The molecule has 1 aliphatic rings. The lowest BCUT2D eigenvalue weighted by atomic mass is 9.99. The Morgan fingerprint density at radius 3 is 2.65 bits per heavy atom. The molecule has 1 amide bonds. The molecule has 0 spiro atoms. The van der Waals surface area contributed by atoms with Crippen molar-refractivity contribution in [1.82, 2.24) is 4.90 Å². The second kappa shape index (κ2) is 8.44. The molecule has 0 bridgehead atoms. The Labute approximate surface area is 185 Å². The largest absolute Gasteiger partial charge is 0.489 e. The minimum atomic E-state index is -0.936. The lowest BCUT2D eigenvalue weighted by Gasteiger charge is -2.18. The average Bonchev–Trinajstić information content (AvgIpc) is 2.96. The molecule has 4 rings (SSSR count). The van der Waals surface area contributed by atoms with Gasteiger partial charge in [0.15, 0.2) is 0 Å². The summed E-state index contributed by atoms with van der Waals surface area (Å²) in [5.74, 6) is -0.551. The number of amides is 1. The molecule has 3 aromatic rings. The van der Waals surface area contributed by atoms with E-state index in [1.54, 1.807) is 25.2 Å². The van der Waals surface area contributed by atoms with Crippen molar-refractivity contribution < 1.29 is 19.4 Å². The van der Waals surface area contributed by atoms with Crippen LogP contribution in [0.1, 0.15) is 39.5 Å². The number of aryl methyl sites for hydroxylation is 1. The van der Waals surface area contributed by atoms with Gasteiger partial charge in [-0.2, -0.15) is 0 Å². The maximum atomic E-state index is 12.5. The van der Waals surface area contributed by atoms with Crippen molar-refractivity contribution in [2.45, 2.75) is 26.0 Å². The fraction of sp³-hybridized carbons (Fsp3) is 0.200. The lowest BCUT2D eigenvalue weighted by molar-refractivity contribution is -0.138. The number of carboxylic acids is 1. The molecule has 0 fully saturated rings. The lowest BCUT2D eigenvalue weighted by Crippen LogP contribution is -2.24. The minimum absolute atomic E-state index is 0.119. The third-order valence-electron chi connectivity index (χ3n) is 5.60. The molecule has 0 saturated heterocycles. The fourth-order valence-corrected chi connectivity index (χ4v) is 4.23. The van der Waals surface area contributed by atoms with Gasteiger partial charge in [0.1, 0.15) is 12.4 Å². The molecule has 0 radical (unpaired) electrons. The first-order valence-corrected chi connectivity index (χ1v) is 10.3. The molecule has 1 aliphatic heterocycles. The summed E-state index contributed by atoms with van der Waals surface area (Å²) in [7, 11) is 1.63. The molecule has 31 heavy (non-hydrogen) atoms. The number of rotatable bonds is 6. The Kier molecular flexibility index (Phi) is 5.70. The standard InChI is InChI=1S/C25H22ClNO4/c1-15-10-18(26)6-8-20(15)17-5-3-4-16(11-17)14-31-19-7-9-21-22(12-19)25(30)27(2)23(21)13-24(28)29/h3-12,23H,13-14H2,1-2H3,(H,28,29). The Hall–Kier alpha value is -3.31. The van der Waals surface area contributed by atoms with Crippen LogP contribution in [0.25, 0.3) is 11.1 Å². The van der Waals surface area contributed by atoms with Crippen LogP contribution in [0.4, 0.5) is 0 Å². The molecular formula is C25H22ClNO4. The SMILES string of the molecule is Cc1cc(Cl)ccc1-c1cccc(COc2ccc3c(c2)C(=O)N(C)C3CC(=O)O)c1. The number of halogens is 1. The highest BCUT2D eigenvalue weighted by atomic mass is 35.5. The molecule has 0 aromatic heterocycles. The van der Waals surface area contributed by atoms with Crippen LogP contribution in [0.3, 0.4) is 0 Å². The van der Waals surface area contributed by atoms with Crippen molar-refractivity contribution in [3.63, 3.8) is 0 Å². The molecule has 5 nitrogen and oxygen atoms in total. The first-order valence-electron chi connectivity index (χ1n) is 9.94. The van der Waals surface area contributed by atoms with E-state index in [2.05, 4.69) is 6.07 Å². The topological polar surface area (TPSA) is 66.8 Å². The summed E-state index contributed by atoms with van der Waals surface area (Å²) in [5, 5.41) is 9.85. The predicted molar refractivity (Wildman–Crippen MR) is 119 cm³/mol. The Morgan fingerprint density at radius 2 is 1.90 bits per heavy atom. The van der Waals surface area contributed by atoms with Crippen LogP contribution in [-0.2, 0) is 11.4 Å². The van der Waals surface area contributed by atoms with Gasteiger partial charge >= 0.3 is 5.97 Å². The van der Waals surface area contributed by atoms with Gasteiger partial charge in [0.25, 0.3) is 5.91 Å². The third kappa shape index (κ3) is 4.28. The maximum absolute atomic E-state index is 12.5. The number of nitrogens with zero attached hydrogens (tertiary/aromatic N) is 1. The number of hydrogen-bond acceptors (Lipinski definition) is 3. The van der Waals surface area contributed by atoms with E-state index in [1.807, 2.05) is 43.3 Å². The van der Waals surface area contributed by atoms with Crippen LogP contribution in [0.2, 0.25) is 5.02 Å². The van der Waals surface area contributed by atoms with Gasteiger partial charge in [-0.05, 0) is 65.1 Å². The second-order valence-electron chi connectivity index (χ2n) is 7.73.